The molecule has 1 aromatic rings. The fourth-order valence-corrected chi connectivity index (χ4v) is 5.35. The summed E-state index contributed by atoms with van der Waals surface area (Å²) in [5.41, 5.74) is 7.70. The molecule has 3 aliphatic heterocycles. The summed E-state index contributed by atoms with van der Waals surface area (Å²) in [6.45, 7) is 3.53. The number of nitrogens with one attached hydrogen (secondary N) is 1. The first kappa shape index (κ1) is 22.2. The molecule has 1 aromatic carbocycles. The van der Waals surface area contributed by atoms with E-state index in [0.29, 0.717) is 38.0 Å². The van der Waals surface area contributed by atoms with Gasteiger partial charge in [0.15, 0.2) is 0 Å². The van der Waals surface area contributed by atoms with Crippen LogP contribution < -0.4 is 11.1 Å². The molecule has 5 atom stereocenters. The Morgan fingerprint density at radius 3 is 2.84 bits per heavy atom. The van der Waals surface area contributed by atoms with Gasteiger partial charge < -0.3 is 20.9 Å². The maximum Gasteiger partial charge on any atom is 0.251 e. The van der Waals surface area contributed by atoms with Crippen LogP contribution in [0, 0.1) is 11.3 Å². The molecule has 4 rings (SSSR count). The number of rotatable bonds is 6. The van der Waals surface area contributed by atoms with Gasteiger partial charge in [0.1, 0.15) is 6.04 Å². The first-order chi connectivity index (χ1) is 15.3. The average molecular weight is 439 g/mol. The highest BCUT2D eigenvalue weighted by atomic mass is 16.2. The molecule has 0 saturated carbocycles. The Balaban J connectivity index is 1.41. The third kappa shape index (κ3) is 3.85. The summed E-state index contributed by atoms with van der Waals surface area (Å²) in [7, 11) is 1.59. The number of likely N-dealkylation sites (tertiary alicyclic amines) is 3. The molecule has 0 radical (unpaired) electrons. The number of nitrogens with zero attached hydrogens (tertiary/aromatic N) is 4. The monoisotopic (exact) mass is 438 g/mol. The summed E-state index contributed by atoms with van der Waals surface area (Å²) in [5.74, 6) is -0.329. The highest BCUT2D eigenvalue weighted by Gasteiger charge is 2.51. The van der Waals surface area contributed by atoms with Crippen molar-refractivity contribution in [3.8, 4) is 6.07 Å². The smallest absolute Gasteiger partial charge is 0.251 e. The molecule has 3 heterocycles. The van der Waals surface area contributed by atoms with E-state index in [4.69, 9.17) is 5.73 Å². The average Bonchev–Trinajstić information content (AvgIpc) is 3.52. The second-order valence-corrected chi connectivity index (χ2v) is 8.91. The van der Waals surface area contributed by atoms with Gasteiger partial charge in [0.2, 0.25) is 11.8 Å². The topological polar surface area (TPSA) is 123 Å². The fraction of sp³-hybridized carbons (Fsp3) is 0.565. The van der Waals surface area contributed by atoms with Gasteiger partial charge in [-0.2, -0.15) is 5.26 Å². The number of nitrogens with two attached hydrogens (primary N) is 1. The molecule has 9 nitrogen and oxygen atoms in total. The van der Waals surface area contributed by atoms with Crippen molar-refractivity contribution in [2.24, 2.45) is 5.73 Å². The van der Waals surface area contributed by atoms with Crippen molar-refractivity contribution in [1.82, 2.24) is 20.0 Å². The molecule has 0 spiro atoms. The van der Waals surface area contributed by atoms with Gasteiger partial charge >= 0.3 is 0 Å². The van der Waals surface area contributed by atoms with E-state index in [1.54, 1.807) is 18.0 Å². The Kier molecular flexibility index (Phi) is 6.17. The van der Waals surface area contributed by atoms with Crippen LogP contribution in [0.4, 0.5) is 0 Å². The van der Waals surface area contributed by atoms with E-state index in [9.17, 15) is 19.6 Å². The van der Waals surface area contributed by atoms with Crippen LogP contribution >= 0.6 is 0 Å². The van der Waals surface area contributed by atoms with Gasteiger partial charge in [-0.05, 0) is 43.9 Å². The number of benzene rings is 1. The number of fused-ring (bicyclic) bond motifs is 2. The Hall–Kier alpha value is -2.96. The zero-order valence-corrected chi connectivity index (χ0v) is 18.5. The molecule has 3 N–H and O–H groups in total. The van der Waals surface area contributed by atoms with Crippen LogP contribution in [-0.2, 0) is 9.59 Å². The van der Waals surface area contributed by atoms with Crippen molar-refractivity contribution >= 4 is 17.7 Å². The van der Waals surface area contributed by atoms with Crippen LogP contribution in [0.1, 0.15) is 48.1 Å². The maximum absolute atomic E-state index is 13.2. The van der Waals surface area contributed by atoms with E-state index in [1.165, 1.54) is 0 Å². The first-order valence-electron chi connectivity index (χ1n) is 11.2. The summed E-state index contributed by atoms with van der Waals surface area (Å²) in [6, 6.07) is 8.00. The highest BCUT2D eigenvalue weighted by Crippen LogP contribution is 2.38. The number of carbonyl (C=O) groups excluding carboxylic acids is 3. The van der Waals surface area contributed by atoms with Crippen LogP contribution in [0.2, 0.25) is 0 Å². The van der Waals surface area contributed by atoms with Crippen molar-refractivity contribution in [3.63, 3.8) is 0 Å². The first-order valence-corrected chi connectivity index (χ1v) is 11.2. The molecule has 2 bridgehead atoms. The second kappa shape index (κ2) is 8.88. The van der Waals surface area contributed by atoms with Gasteiger partial charge in [-0.3, -0.25) is 19.3 Å². The molecule has 3 amide bonds. The number of hydrogen-bond acceptors (Lipinski definition) is 6. The summed E-state index contributed by atoms with van der Waals surface area (Å²) in [6.07, 6.45) is 2.22. The largest absolute Gasteiger partial charge is 0.355 e. The standard InChI is InChI=1S/C23H30N6O3/c1-14(15-5-3-6-16(9-15)21(30)26-2)29-18-10-20(23(29)32)27(12-18)13-19(25)22(31)28-8-4-7-17(28)11-24/h3,5-6,9,14,17-20H,4,7-8,10,12-13,25H2,1-2H3,(H,26,30)/t14-,17-,18?,19-,20-/m0/s1. The predicted molar refractivity (Wildman–Crippen MR) is 117 cm³/mol. The number of amides is 3. The molecule has 3 saturated heterocycles. The molecule has 3 aliphatic rings. The number of carbonyl (C=O) groups is 3. The van der Waals surface area contributed by atoms with E-state index in [2.05, 4.69) is 11.4 Å². The lowest BCUT2D eigenvalue weighted by molar-refractivity contribution is -0.140. The minimum Gasteiger partial charge on any atom is -0.355 e. The molecule has 3 fully saturated rings. The normalized spacial score (nSPS) is 26.8. The van der Waals surface area contributed by atoms with Crippen molar-refractivity contribution in [1.29, 1.82) is 5.26 Å². The fourth-order valence-electron chi connectivity index (χ4n) is 5.35. The van der Waals surface area contributed by atoms with Crippen LogP contribution in [0.25, 0.3) is 0 Å². The lowest BCUT2D eigenvalue weighted by Gasteiger charge is -2.38. The van der Waals surface area contributed by atoms with E-state index in [0.717, 1.165) is 12.0 Å². The summed E-state index contributed by atoms with van der Waals surface area (Å²) in [5, 5.41) is 11.9. The van der Waals surface area contributed by atoms with E-state index in [-0.39, 0.29) is 35.8 Å². The zero-order valence-electron chi connectivity index (χ0n) is 18.5. The number of nitriles is 1. The van der Waals surface area contributed by atoms with Crippen LogP contribution in [0.3, 0.4) is 0 Å². The molecular formula is C23H30N6O3. The SMILES string of the molecule is CNC(=O)c1cccc([C@H](C)N2C(=O)[C@@H]3CC2CN3C[C@H](N)C(=O)N2CCC[C@H]2C#N)c1. The third-order valence-electron chi connectivity index (χ3n) is 7.02. The molecule has 1 unspecified atom stereocenters. The van der Waals surface area contributed by atoms with Gasteiger partial charge in [0.05, 0.1) is 24.2 Å². The number of piperazine rings is 1. The van der Waals surface area contributed by atoms with Crippen molar-refractivity contribution in [2.75, 3.05) is 26.7 Å². The van der Waals surface area contributed by atoms with Crippen LogP contribution in [0.5, 0.6) is 0 Å². The summed E-state index contributed by atoms with van der Waals surface area (Å²) >= 11 is 0. The molecule has 32 heavy (non-hydrogen) atoms. The van der Waals surface area contributed by atoms with Crippen molar-refractivity contribution < 1.29 is 14.4 Å². The Morgan fingerprint density at radius 1 is 1.38 bits per heavy atom. The number of hydrogen-bond donors (Lipinski definition) is 2. The van der Waals surface area contributed by atoms with Gasteiger partial charge in [-0.15, -0.1) is 0 Å². The zero-order chi connectivity index (χ0) is 23.0. The molecular weight excluding hydrogens is 408 g/mol. The van der Waals surface area contributed by atoms with E-state index in [1.807, 2.05) is 34.9 Å². The van der Waals surface area contributed by atoms with Crippen LogP contribution in [-0.4, -0.2) is 83.3 Å². The van der Waals surface area contributed by atoms with E-state index >= 15 is 0 Å². The lowest BCUT2D eigenvalue weighted by atomic mass is 10.0. The predicted octanol–water partition coefficient (Wildman–Crippen LogP) is 0.234. The molecule has 0 aliphatic carbocycles. The Morgan fingerprint density at radius 2 is 2.16 bits per heavy atom. The third-order valence-corrected chi connectivity index (χ3v) is 7.02. The summed E-state index contributed by atoms with van der Waals surface area (Å²) < 4.78 is 0. The van der Waals surface area contributed by atoms with Crippen molar-refractivity contribution in [3.05, 3.63) is 35.4 Å². The van der Waals surface area contributed by atoms with Crippen LogP contribution in [0.15, 0.2) is 24.3 Å². The van der Waals surface area contributed by atoms with Gasteiger partial charge in [-0.25, -0.2) is 0 Å². The minimum atomic E-state index is -0.744. The molecule has 170 valence electrons. The van der Waals surface area contributed by atoms with Gasteiger partial charge in [-0.1, -0.05) is 12.1 Å². The Labute approximate surface area is 188 Å². The quantitative estimate of drug-likeness (QED) is 0.656. The minimum absolute atomic E-state index is 0.0369. The summed E-state index contributed by atoms with van der Waals surface area (Å²) in [4.78, 5) is 43.4. The molecule has 9 heteroatoms. The lowest BCUT2D eigenvalue weighted by Crippen LogP contribution is -2.56. The maximum atomic E-state index is 13.2. The Bertz CT molecular complexity index is 959. The molecule has 0 aromatic heterocycles. The van der Waals surface area contributed by atoms with Gasteiger partial charge in [0.25, 0.3) is 5.91 Å². The highest BCUT2D eigenvalue weighted by molar-refractivity contribution is 5.94. The van der Waals surface area contributed by atoms with Crippen molar-refractivity contribution in [2.45, 2.75) is 56.4 Å². The van der Waals surface area contributed by atoms with Gasteiger partial charge in [0, 0.05) is 38.3 Å². The second-order valence-electron chi connectivity index (χ2n) is 8.91. The van der Waals surface area contributed by atoms with E-state index < -0.39 is 12.1 Å².